The molecule has 3 aromatic rings. The molecule has 0 aliphatic rings. The van der Waals surface area contributed by atoms with Crippen molar-refractivity contribution in [3.63, 3.8) is 0 Å². The van der Waals surface area contributed by atoms with E-state index in [2.05, 4.69) is 12.1 Å². The van der Waals surface area contributed by atoms with E-state index in [1.165, 1.54) is 0 Å². The van der Waals surface area contributed by atoms with E-state index in [0.29, 0.717) is 0 Å². The van der Waals surface area contributed by atoms with Crippen LogP contribution in [0, 0.1) is 0 Å². The normalized spacial score (nSPS) is 10.3. The van der Waals surface area contributed by atoms with E-state index in [9.17, 15) is 0 Å². The summed E-state index contributed by atoms with van der Waals surface area (Å²) < 4.78 is 0. The van der Waals surface area contributed by atoms with E-state index in [1.807, 2.05) is 66.7 Å². The van der Waals surface area contributed by atoms with Gasteiger partial charge >= 0.3 is 0 Å². The van der Waals surface area contributed by atoms with Crippen molar-refractivity contribution in [1.29, 1.82) is 0 Å². The standard InChI is InChI=1S/C19H13ClS/c20-18-13-16(19(21)15-9-5-2-6-10-15)11-12-17(18)14-7-3-1-4-8-14/h1-13H. The fraction of sp³-hybridized carbons (Fsp3) is 0. The molecular formula is C19H13ClS. The SMILES string of the molecule is S=C(c1ccccc1)c1ccc(-c2ccccc2)c(Cl)c1. The summed E-state index contributed by atoms with van der Waals surface area (Å²) >= 11 is 12.0. The lowest BCUT2D eigenvalue weighted by molar-refractivity contribution is 1.59. The smallest absolute Gasteiger partial charge is 0.0522 e. The molecule has 2 heteroatoms. The van der Waals surface area contributed by atoms with Crippen LogP contribution in [0.1, 0.15) is 11.1 Å². The Morgan fingerprint density at radius 1 is 0.714 bits per heavy atom. The van der Waals surface area contributed by atoms with Crippen molar-refractivity contribution in [3.8, 4) is 11.1 Å². The van der Waals surface area contributed by atoms with Crippen LogP contribution in [0.5, 0.6) is 0 Å². The quantitative estimate of drug-likeness (QED) is 0.437. The van der Waals surface area contributed by atoms with Gasteiger partial charge in [0.2, 0.25) is 0 Å². The molecule has 0 fully saturated rings. The molecule has 0 spiro atoms. The molecule has 3 aromatic carbocycles. The van der Waals surface area contributed by atoms with Crippen molar-refractivity contribution < 1.29 is 0 Å². The summed E-state index contributed by atoms with van der Waals surface area (Å²) in [6.45, 7) is 0. The summed E-state index contributed by atoms with van der Waals surface area (Å²) in [7, 11) is 0. The Hall–Kier alpha value is -1.96. The molecule has 0 N–H and O–H groups in total. The maximum Gasteiger partial charge on any atom is 0.0522 e. The van der Waals surface area contributed by atoms with Gasteiger partial charge in [0.25, 0.3) is 0 Å². The van der Waals surface area contributed by atoms with Gasteiger partial charge in [-0.1, -0.05) is 96.6 Å². The molecule has 0 heterocycles. The van der Waals surface area contributed by atoms with Gasteiger partial charge in [0.1, 0.15) is 0 Å². The van der Waals surface area contributed by atoms with Gasteiger partial charge in [0.15, 0.2) is 0 Å². The number of hydrogen-bond acceptors (Lipinski definition) is 1. The highest BCUT2D eigenvalue weighted by atomic mass is 35.5. The Labute approximate surface area is 135 Å². The highest BCUT2D eigenvalue weighted by Crippen LogP contribution is 2.29. The van der Waals surface area contributed by atoms with Crippen LogP contribution in [0.15, 0.2) is 78.9 Å². The molecule has 0 amide bonds. The first-order chi connectivity index (χ1) is 10.3. The maximum atomic E-state index is 6.44. The number of thiocarbonyl (C=S) groups is 1. The Bertz CT molecular complexity index is 764. The molecule has 21 heavy (non-hydrogen) atoms. The van der Waals surface area contributed by atoms with E-state index < -0.39 is 0 Å². The lowest BCUT2D eigenvalue weighted by Crippen LogP contribution is -1.99. The predicted octanol–water partition coefficient (Wildman–Crippen LogP) is 5.77. The van der Waals surface area contributed by atoms with Crippen LogP contribution in [0.4, 0.5) is 0 Å². The molecule has 102 valence electrons. The number of rotatable bonds is 3. The van der Waals surface area contributed by atoms with Crippen LogP contribution in [0.2, 0.25) is 5.02 Å². The molecule has 0 saturated heterocycles. The Kier molecular flexibility index (Phi) is 4.14. The highest BCUT2D eigenvalue weighted by Gasteiger charge is 2.08. The minimum absolute atomic E-state index is 0.719. The van der Waals surface area contributed by atoms with E-state index in [1.54, 1.807) is 0 Å². The average Bonchev–Trinajstić information content (AvgIpc) is 2.55. The summed E-state index contributed by atoms with van der Waals surface area (Å²) in [6.07, 6.45) is 0. The van der Waals surface area contributed by atoms with Gasteiger partial charge in [-0.15, -0.1) is 0 Å². The molecular weight excluding hydrogens is 296 g/mol. The van der Waals surface area contributed by atoms with E-state index in [-0.39, 0.29) is 0 Å². The van der Waals surface area contributed by atoms with Crippen LogP contribution < -0.4 is 0 Å². The molecule has 0 radical (unpaired) electrons. The second kappa shape index (κ2) is 6.21. The fourth-order valence-electron chi connectivity index (χ4n) is 2.26. The first-order valence-electron chi connectivity index (χ1n) is 6.70. The molecule has 0 aromatic heterocycles. The summed E-state index contributed by atoms with van der Waals surface area (Å²) in [5, 5.41) is 0.719. The topological polar surface area (TPSA) is 0 Å². The van der Waals surface area contributed by atoms with Crippen molar-refractivity contribution in [2.75, 3.05) is 0 Å². The molecule has 0 nitrogen and oxygen atoms in total. The Morgan fingerprint density at radius 3 is 1.95 bits per heavy atom. The van der Waals surface area contributed by atoms with Crippen molar-refractivity contribution in [3.05, 3.63) is 95.0 Å². The second-order valence-electron chi connectivity index (χ2n) is 4.76. The minimum Gasteiger partial charge on any atom is -0.0836 e. The van der Waals surface area contributed by atoms with Gasteiger partial charge in [0.05, 0.1) is 4.86 Å². The monoisotopic (exact) mass is 308 g/mol. The van der Waals surface area contributed by atoms with Crippen LogP contribution in [0.3, 0.4) is 0 Å². The molecule has 3 rings (SSSR count). The van der Waals surface area contributed by atoms with Gasteiger partial charge in [-0.3, -0.25) is 0 Å². The third-order valence-electron chi connectivity index (χ3n) is 3.35. The van der Waals surface area contributed by atoms with Crippen LogP contribution in [0.25, 0.3) is 11.1 Å². The van der Waals surface area contributed by atoms with Gasteiger partial charge in [-0.25, -0.2) is 0 Å². The number of hydrogen-bond donors (Lipinski definition) is 0. The van der Waals surface area contributed by atoms with E-state index in [0.717, 1.165) is 32.1 Å². The van der Waals surface area contributed by atoms with Crippen molar-refractivity contribution >= 4 is 28.7 Å². The molecule has 0 unspecified atom stereocenters. The van der Waals surface area contributed by atoms with Gasteiger partial charge in [0, 0.05) is 10.6 Å². The first kappa shape index (κ1) is 14.0. The summed E-state index contributed by atoms with van der Waals surface area (Å²) in [5.41, 5.74) is 4.15. The first-order valence-corrected chi connectivity index (χ1v) is 7.49. The fourth-order valence-corrected chi connectivity index (χ4v) is 2.82. The lowest BCUT2D eigenvalue weighted by Gasteiger charge is -2.09. The zero-order valence-corrected chi connectivity index (χ0v) is 12.9. The Balaban J connectivity index is 1.97. The maximum absolute atomic E-state index is 6.44. The van der Waals surface area contributed by atoms with E-state index in [4.69, 9.17) is 23.8 Å². The average molecular weight is 309 g/mol. The predicted molar refractivity (Wildman–Crippen MR) is 94.1 cm³/mol. The van der Waals surface area contributed by atoms with Gasteiger partial charge in [-0.2, -0.15) is 0 Å². The summed E-state index contributed by atoms with van der Waals surface area (Å²) in [4.78, 5) is 0.817. The van der Waals surface area contributed by atoms with Crippen LogP contribution in [-0.2, 0) is 0 Å². The molecule has 0 aliphatic heterocycles. The summed E-state index contributed by atoms with van der Waals surface area (Å²) in [5.74, 6) is 0. The van der Waals surface area contributed by atoms with Crippen molar-refractivity contribution in [2.45, 2.75) is 0 Å². The van der Waals surface area contributed by atoms with Crippen LogP contribution >= 0.6 is 23.8 Å². The van der Waals surface area contributed by atoms with Crippen LogP contribution in [-0.4, -0.2) is 4.86 Å². The third kappa shape index (κ3) is 3.05. The zero-order chi connectivity index (χ0) is 14.7. The van der Waals surface area contributed by atoms with E-state index >= 15 is 0 Å². The number of benzene rings is 3. The molecule has 0 saturated carbocycles. The van der Waals surface area contributed by atoms with Gasteiger partial charge < -0.3 is 0 Å². The lowest BCUT2D eigenvalue weighted by atomic mass is 10.00. The molecule has 0 atom stereocenters. The van der Waals surface area contributed by atoms with Crippen molar-refractivity contribution in [2.24, 2.45) is 0 Å². The van der Waals surface area contributed by atoms with Crippen molar-refractivity contribution in [1.82, 2.24) is 0 Å². The zero-order valence-electron chi connectivity index (χ0n) is 11.3. The second-order valence-corrected chi connectivity index (χ2v) is 5.57. The Morgan fingerprint density at radius 2 is 1.33 bits per heavy atom. The molecule has 0 aliphatic carbocycles. The number of halogens is 1. The van der Waals surface area contributed by atoms with Gasteiger partial charge in [-0.05, 0) is 22.8 Å². The minimum atomic E-state index is 0.719. The third-order valence-corrected chi connectivity index (χ3v) is 4.14. The highest BCUT2D eigenvalue weighted by molar-refractivity contribution is 7.81. The largest absolute Gasteiger partial charge is 0.0836 e. The molecule has 0 bridgehead atoms. The summed E-state index contributed by atoms with van der Waals surface area (Å²) in [6, 6.07) is 26.1.